The lowest BCUT2D eigenvalue weighted by atomic mass is 10.3. The largest absolute Gasteiger partial charge is 0.454 e. The molecule has 0 saturated carbocycles. The molecule has 1 aromatic carbocycles. The fourth-order valence-electron chi connectivity index (χ4n) is 0.694. The van der Waals surface area contributed by atoms with E-state index in [2.05, 4.69) is 0 Å². The summed E-state index contributed by atoms with van der Waals surface area (Å²) < 4.78 is 3.18. The van der Waals surface area contributed by atoms with Gasteiger partial charge in [-0.3, -0.25) is 0 Å². The van der Waals surface area contributed by atoms with Crippen molar-refractivity contribution >= 4 is 34.8 Å². The van der Waals surface area contributed by atoms with E-state index in [1.165, 1.54) is 0 Å². The summed E-state index contributed by atoms with van der Waals surface area (Å²) in [5.41, 5.74) is -1.49. The summed E-state index contributed by atoms with van der Waals surface area (Å²) in [5, 5.41) is 8.92. The third-order valence-corrected chi connectivity index (χ3v) is 2.37. The predicted molar refractivity (Wildman–Crippen MR) is 53.4 cm³/mol. The smallest absolute Gasteiger partial charge is 0.298 e. The first-order valence-corrected chi connectivity index (χ1v) is 4.65. The van der Waals surface area contributed by atoms with E-state index in [-0.39, 0.29) is 0 Å². The minimum atomic E-state index is -1.83. The lowest BCUT2D eigenvalue weighted by Gasteiger charge is -2.22. The molecule has 0 aliphatic carbocycles. The summed E-state index contributed by atoms with van der Waals surface area (Å²) in [7, 11) is 0. The van der Waals surface area contributed by atoms with Crippen LogP contribution in [-0.2, 0) is 0 Å². The Hall–Kier alpha value is -0.150. The molecule has 5 heteroatoms. The Bertz CT molecular complexity index is 261. The van der Waals surface area contributed by atoms with Crippen LogP contribution in [0.5, 0.6) is 5.75 Å². The van der Waals surface area contributed by atoms with Crippen LogP contribution >= 0.6 is 34.8 Å². The number of benzene rings is 1. The van der Waals surface area contributed by atoms with Gasteiger partial charge in [0.15, 0.2) is 5.56 Å². The Morgan fingerprint density at radius 3 is 2.23 bits per heavy atom. The molecule has 0 saturated heterocycles. The molecule has 0 amide bonds. The summed E-state index contributed by atoms with van der Waals surface area (Å²) in [6.07, 6.45) is 0. The number of hydrogen-bond acceptors (Lipinski definition) is 2. The number of para-hydroxylation sites is 1. The van der Waals surface area contributed by atoms with Gasteiger partial charge in [-0.15, -0.1) is 0 Å². The molecule has 0 heterocycles. The van der Waals surface area contributed by atoms with Crippen LogP contribution in [0.25, 0.3) is 0 Å². The van der Waals surface area contributed by atoms with Crippen LogP contribution in [0.1, 0.15) is 0 Å². The van der Waals surface area contributed by atoms with Gasteiger partial charge in [0.05, 0.1) is 0 Å². The lowest BCUT2D eigenvalue weighted by molar-refractivity contribution is 0.113. The average Bonchev–Trinajstić information content (AvgIpc) is 2.05. The number of hydrogen-bond donors (Lipinski definition) is 1. The first kappa shape index (κ1) is 10.9. The maximum atomic E-state index is 8.92. The summed E-state index contributed by atoms with van der Waals surface area (Å²) in [5.74, 6) is 0.437. The highest BCUT2D eigenvalue weighted by atomic mass is 35.5. The zero-order chi connectivity index (χ0) is 9.90. The van der Waals surface area contributed by atoms with Crippen LogP contribution in [0.4, 0.5) is 0 Å². The Morgan fingerprint density at radius 1 is 1.23 bits per heavy atom. The number of rotatable bonds is 3. The Labute approximate surface area is 91.0 Å². The van der Waals surface area contributed by atoms with Gasteiger partial charge in [-0.2, -0.15) is 0 Å². The number of halogens is 3. The average molecular weight is 242 g/mol. The Morgan fingerprint density at radius 2 is 1.77 bits per heavy atom. The van der Waals surface area contributed by atoms with E-state index in [4.69, 9.17) is 44.6 Å². The van der Waals surface area contributed by atoms with E-state index in [9.17, 15) is 0 Å². The van der Waals surface area contributed by atoms with Gasteiger partial charge < -0.3 is 9.84 Å². The van der Waals surface area contributed by atoms with Gasteiger partial charge in [0.25, 0.3) is 4.52 Å². The minimum Gasteiger partial charge on any atom is -0.454 e. The molecule has 0 aromatic heterocycles. The molecule has 13 heavy (non-hydrogen) atoms. The number of alkyl halides is 3. The third kappa shape index (κ3) is 3.24. The van der Waals surface area contributed by atoms with E-state index in [1.54, 1.807) is 24.3 Å². The zero-order valence-electron chi connectivity index (χ0n) is 6.45. The minimum absolute atomic E-state index is 0.437. The highest BCUT2D eigenvalue weighted by molar-refractivity contribution is 6.51. The number of aliphatic hydroxyl groups excluding tert-OH is 1. The molecule has 0 bridgehead atoms. The van der Waals surface area contributed by atoms with Crippen molar-refractivity contribution < 1.29 is 9.84 Å². The van der Waals surface area contributed by atoms with Crippen molar-refractivity contribution in [3.8, 4) is 5.75 Å². The van der Waals surface area contributed by atoms with Crippen molar-refractivity contribution in [3.05, 3.63) is 30.3 Å². The van der Waals surface area contributed by atoms with Crippen LogP contribution < -0.4 is 4.74 Å². The van der Waals surface area contributed by atoms with Crippen molar-refractivity contribution in [2.45, 2.75) is 10.1 Å². The van der Waals surface area contributed by atoms with Gasteiger partial charge in [-0.05, 0) is 12.1 Å². The topological polar surface area (TPSA) is 29.5 Å². The molecular formula is C8H7Cl3O2. The van der Waals surface area contributed by atoms with Crippen molar-refractivity contribution in [2.24, 2.45) is 0 Å². The fourth-order valence-corrected chi connectivity index (χ4v) is 0.917. The van der Waals surface area contributed by atoms with E-state index in [0.29, 0.717) is 5.75 Å². The second-order valence-corrected chi connectivity index (χ2v) is 4.04. The van der Waals surface area contributed by atoms with Gasteiger partial charge in [0.2, 0.25) is 0 Å². The highest BCUT2D eigenvalue weighted by Gasteiger charge is 2.34. The van der Waals surface area contributed by atoms with Gasteiger partial charge in [-0.25, -0.2) is 0 Å². The molecule has 0 fully saturated rings. The molecule has 1 rings (SSSR count). The third-order valence-electron chi connectivity index (χ3n) is 1.27. The molecule has 72 valence electrons. The van der Waals surface area contributed by atoms with Gasteiger partial charge in [0.1, 0.15) is 5.75 Å². The molecule has 0 radical (unpaired) electrons. The zero-order valence-corrected chi connectivity index (χ0v) is 8.72. The molecular weight excluding hydrogens is 234 g/mol. The monoisotopic (exact) mass is 240 g/mol. The fraction of sp³-hybridized carbons (Fsp3) is 0.250. The van der Waals surface area contributed by atoms with Gasteiger partial charge >= 0.3 is 0 Å². The van der Waals surface area contributed by atoms with E-state index in [1.807, 2.05) is 6.07 Å². The quantitative estimate of drug-likeness (QED) is 0.825. The SMILES string of the molecule is OC(Cl)C(Cl)(Cl)Oc1ccccc1. The maximum absolute atomic E-state index is 8.92. The molecule has 1 aromatic rings. The van der Waals surface area contributed by atoms with Gasteiger partial charge in [0, 0.05) is 0 Å². The van der Waals surface area contributed by atoms with Crippen LogP contribution in [0, 0.1) is 0 Å². The van der Waals surface area contributed by atoms with Crippen molar-refractivity contribution in [3.63, 3.8) is 0 Å². The molecule has 2 nitrogen and oxygen atoms in total. The van der Waals surface area contributed by atoms with E-state index < -0.39 is 10.1 Å². The molecule has 1 N–H and O–H groups in total. The highest BCUT2D eigenvalue weighted by Crippen LogP contribution is 2.31. The second-order valence-electron chi connectivity index (χ2n) is 2.31. The van der Waals surface area contributed by atoms with Crippen molar-refractivity contribution in [1.29, 1.82) is 0 Å². The Balaban J connectivity index is 2.69. The standard InChI is InChI=1S/C8H7Cl3O2/c9-7(12)8(10,11)13-6-4-2-1-3-5-6/h1-5,7,12H. The van der Waals surface area contributed by atoms with Crippen LogP contribution in [0.15, 0.2) is 30.3 Å². The first-order valence-electron chi connectivity index (χ1n) is 3.46. The van der Waals surface area contributed by atoms with Crippen molar-refractivity contribution in [1.82, 2.24) is 0 Å². The first-order chi connectivity index (χ1) is 6.02. The van der Waals surface area contributed by atoms with Crippen LogP contribution in [0.2, 0.25) is 0 Å². The summed E-state index contributed by atoms with van der Waals surface area (Å²) in [6, 6.07) is 8.62. The maximum Gasteiger partial charge on any atom is 0.298 e. The van der Waals surface area contributed by atoms with Crippen LogP contribution in [-0.4, -0.2) is 15.2 Å². The van der Waals surface area contributed by atoms with E-state index in [0.717, 1.165) is 0 Å². The summed E-state index contributed by atoms with van der Waals surface area (Å²) in [4.78, 5) is 0. The second kappa shape index (κ2) is 4.38. The predicted octanol–water partition coefficient (Wildman–Crippen LogP) is 2.75. The number of aliphatic hydroxyl groups is 1. The summed E-state index contributed by atoms with van der Waals surface area (Å²) >= 11 is 16.4. The Kier molecular flexibility index (Phi) is 3.68. The van der Waals surface area contributed by atoms with Crippen LogP contribution in [0.3, 0.4) is 0 Å². The molecule has 0 aliphatic heterocycles. The van der Waals surface area contributed by atoms with Crippen molar-refractivity contribution in [2.75, 3.05) is 0 Å². The van der Waals surface area contributed by atoms with Gasteiger partial charge in [-0.1, -0.05) is 53.0 Å². The molecule has 0 aliphatic rings. The lowest BCUT2D eigenvalue weighted by Crippen LogP contribution is -2.32. The van der Waals surface area contributed by atoms with E-state index >= 15 is 0 Å². The molecule has 1 atom stereocenters. The molecule has 1 unspecified atom stereocenters. The summed E-state index contributed by atoms with van der Waals surface area (Å²) in [6.45, 7) is 0. The number of ether oxygens (including phenoxy) is 1. The molecule has 0 spiro atoms. The normalized spacial score (nSPS) is 13.8.